The molecule has 0 saturated heterocycles. The molecule has 2 aromatic rings. The summed E-state index contributed by atoms with van der Waals surface area (Å²) in [6, 6.07) is 6.34. The molecule has 0 saturated carbocycles. The van der Waals surface area contributed by atoms with Crippen molar-refractivity contribution in [3.05, 3.63) is 46.4 Å². The van der Waals surface area contributed by atoms with Gasteiger partial charge in [-0.2, -0.15) is 5.10 Å². The Morgan fingerprint density at radius 1 is 1.40 bits per heavy atom. The number of aromatic nitrogens is 2. The van der Waals surface area contributed by atoms with Crippen LogP contribution >= 0.6 is 15.9 Å². The molecule has 0 aliphatic carbocycles. The lowest BCUT2D eigenvalue weighted by molar-refractivity contribution is 0.300. The Labute approximate surface area is 94.4 Å². The fourth-order valence-corrected chi connectivity index (χ4v) is 1.45. The van der Waals surface area contributed by atoms with Crippen LogP contribution in [0, 0.1) is 5.82 Å². The van der Waals surface area contributed by atoms with Crippen LogP contribution in [0.4, 0.5) is 4.39 Å². The minimum Gasteiger partial charge on any atom is -0.487 e. The van der Waals surface area contributed by atoms with Gasteiger partial charge in [0.2, 0.25) is 0 Å². The van der Waals surface area contributed by atoms with E-state index in [1.165, 1.54) is 6.07 Å². The molecule has 0 unspecified atom stereocenters. The number of hydrogen-bond donors (Lipinski definition) is 1. The van der Waals surface area contributed by atoms with Crippen LogP contribution in [-0.2, 0) is 6.61 Å². The van der Waals surface area contributed by atoms with E-state index in [1.807, 2.05) is 6.07 Å². The van der Waals surface area contributed by atoms with Gasteiger partial charge in [-0.3, -0.25) is 5.10 Å². The standard InChI is InChI=1S/C10H8BrFN2O/c11-9-5-8(1-2-10(9)12)15-6-7-3-4-13-14-7/h1-5H,6H2,(H,13,14). The zero-order chi connectivity index (χ0) is 10.7. The van der Waals surface area contributed by atoms with Crippen molar-refractivity contribution in [1.29, 1.82) is 0 Å². The first-order chi connectivity index (χ1) is 7.25. The lowest BCUT2D eigenvalue weighted by Gasteiger charge is -2.04. The maximum absolute atomic E-state index is 12.9. The van der Waals surface area contributed by atoms with Gasteiger partial charge in [-0.1, -0.05) is 0 Å². The number of rotatable bonds is 3. The third kappa shape index (κ3) is 2.56. The Kier molecular flexibility index (Phi) is 3.01. The van der Waals surface area contributed by atoms with E-state index in [2.05, 4.69) is 26.1 Å². The molecule has 15 heavy (non-hydrogen) atoms. The Balaban J connectivity index is 2.02. The minimum atomic E-state index is -0.302. The number of ether oxygens (including phenoxy) is 1. The highest BCUT2D eigenvalue weighted by Crippen LogP contribution is 2.22. The second kappa shape index (κ2) is 4.44. The Hall–Kier alpha value is -1.36. The first-order valence-electron chi connectivity index (χ1n) is 4.32. The predicted molar refractivity (Wildman–Crippen MR) is 57.0 cm³/mol. The number of hydrogen-bond acceptors (Lipinski definition) is 2. The van der Waals surface area contributed by atoms with E-state index < -0.39 is 0 Å². The third-order valence-electron chi connectivity index (χ3n) is 1.84. The number of aromatic amines is 1. The average molecular weight is 271 g/mol. The number of nitrogens with one attached hydrogen (secondary N) is 1. The van der Waals surface area contributed by atoms with E-state index in [1.54, 1.807) is 18.3 Å². The van der Waals surface area contributed by atoms with Gasteiger partial charge in [-0.05, 0) is 40.2 Å². The van der Waals surface area contributed by atoms with Crippen molar-refractivity contribution in [3.8, 4) is 5.75 Å². The quantitative estimate of drug-likeness (QED) is 0.932. The second-order valence-corrected chi connectivity index (χ2v) is 3.80. The predicted octanol–water partition coefficient (Wildman–Crippen LogP) is 2.89. The molecule has 0 fully saturated rings. The van der Waals surface area contributed by atoms with Crippen LogP contribution in [0.5, 0.6) is 5.75 Å². The molecule has 0 amide bonds. The Morgan fingerprint density at radius 3 is 2.93 bits per heavy atom. The van der Waals surface area contributed by atoms with Crippen molar-refractivity contribution in [3.63, 3.8) is 0 Å². The van der Waals surface area contributed by atoms with Gasteiger partial charge in [0.25, 0.3) is 0 Å². The molecular formula is C10H8BrFN2O. The topological polar surface area (TPSA) is 37.9 Å². The summed E-state index contributed by atoms with van der Waals surface area (Å²) in [5.41, 5.74) is 0.871. The number of nitrogens with zero attached hydrogens (tertiary/aromatic N) is 1. The van der Waals surface area contributed by atoms with Crippen molar-refractivity contribution >= 4 is 15.9 Å². The summed E-state index contributed by atoms with van der Waals surface area (Å²) >= 11 is 3.09. The van der Waals surface area contributed by atoms with Crippen molar-refractivity contribution < 1.29 is 9.13 Å². The van der Waals surface area contributed by atoms with Gasteiger partial charge >= 0.3 is 0 Å². The fraction of sp³-hybridized carbons (Fsp3) is 0.100. The summed E-state index contributed by atoms with van der Waals surface area (Å²) in [5, 5.41) is 6.56. The second-order valence-electron chi connectivity index (χ2n) is 2.95. The smallest absolute Gasteiger partial charge is 0.137 e. The summed E-state index contributed by atoms with van der Waals surface area (Å²) < 4.78 is 18.7. The molecule has 0 atom stereocenters. The zero-order valence-corrected chi connectivity index (χ0v) is 9.29. The molecule has 3 nitrogen and oxygen atoms in total. The highest BCUT2D eigenvalue weighted by Gasteiger charge is 2.01. The van der Waals surface area contributed by atoms with Crippen LogP contribution in [0.15, 0.2) is 34.9 Å². The van der Waals surface area contributed by atoms with E-state index in [-0.39, 0.29) is 5.82 Å². The molecule has 1 heterocycles. The summed E-state index contributed by atoms with van der Waals surface area (Å²) in [5.74, 6) is 0.307. The average Bonchev–Trinajstić information content (AvgIpc) is 2.73. The van der Waals surface area contributed by atoms with E-state index in [0.29, 0.717) is 16.8 Å². The van der Waals surface area contributed by atoms with Gasteiger partial charge in [0.15, 0.2) is 0 Å². The molecule has 0 radical (unpaired) electrons. The maximum Gasteiger partial charge on any atom is 0.137 e. The van der Waals surface area contributed by atoms with Gasteiger partial charge in [0.05, 0.1) is 10.2 Å². The Morgan fingerprint density at radius 2 is 2.27 bits per heavy atom. The van der Waals surface area contributed by atoms with Gasteiger partial charge in [0, 0.05) is 6.20 Å². The number of benzene rings is 1. The van der Waals surface area contributed by atoms with E-state index >= 15 is 0 Å². The van der Waals surface area contributed by atoms with Crippen molar-refractivity contribution in [1.82, 2.24) is 10.2 Å². The largest absolute Gasteiger partial charge is 0.487 e. The van der Waals surface area contributed by atoms with Gasteiger partial charge in [-0.25, -0.2) is 4.39 Å². The molecule has 1 N–H and O–H groups in total. The van der Waals surface area contributed by atoms with Crippen LogP contribution in [0.1, 0.15) is 5.69 Å². The molecule has 5 heteroatoms. The maximum atomic E-state index is 12.9. The third-order valence-corrected chi connectivity index (χ3v) is 2.45. The van der Waals surface area contributed by atoms with Gasteiger partial charge in [-0.15, -0.1) is 0 Å². The van der Waals surface area contributed by atoms with Gasteiger partial charge < -0.3 is 4.74 Å². The van der Waals surface area contributed by atoms with Crippen LogP contribution in [-0.4, -0.2) is 10.2 Å². The van der Waals surface area contributed by atoms with Crippen LogP contribution < -0.4 is 4.74 Å². The van der Waals surface area contributed by atoms with E-state index in [0.717, 1.165) is 5.69 Å². The highest BCUT2D eigenvalue weighted by molar-refractivity contribution is 9.10. The highest BCUT2D eigenvalue weighted by atomic mass is 79.9. The molecule has 1 aromatic carbocycles. The van der Waals surface area contributed by atoms with Crippen LogP contribution in [0.3, 0.4) is 0 Å². The Bertz CT molecular complexity index is 445. The molecular weight excluding hydrogens is 263 g/mol. The summed E-state index contributed by atoms with van der Waals surface area (Å²) in [6.45, 7) is 0.387. The van der Waals surface area contributed by atoms with Crippen LogP contribution in [0.2, 0.25) is 0 Å². The number of H-pyrrole nitrogens is 1. The SMILES string of the molecule is Fc1ccc(OCc2ccn[nH]2)cc1Br. The molecule has 78 valence electrons. The minimum absolute atomic E-state index is 0.302. The zero-order valence-electron chi connectivity index (χ0n) is 7.71. The van der Waals surface area contributed by atoms with Crippen LogP contribution in [0.25, 0.3) is 0 Å². The molecule has 0 bridgehead atoms. The monoisotopic (exact) mass is 270 g/mol. The lowest BCUT2D eigenvalue weighted by Crippen LogP contribution is -1.96. The first kappa shape index (κ1) is 10.2. The fourth-order valence-electron chi connectivity index (χ4n) is 1.09. The molecule has 0 aliphatic heterocycles. The van der Waals surface area contributed by atoms with Gasteiger partial charge in [0.1, 0.15) is 18.2 Å². The van der Waals surface area contributed by atoms with Crippen molar-refractivity contribution in [2.75, 3.05) is 0 Å². The van der Waals surface area contributed by atoms with E-state index in [9.17, 15) is 4.39 Å². The summed E-state index contributed by atoms with van der Waals surface area (Å²) in [4.78, 5) is 0. The molecule has 2 rings (SSSR count). The normalized spacial score (nSPS) is 10.3. The summed E-state index contributed by atoms with van der Waals surface area (Å²) in [7, 11) is 0. The van der Waals surface area contributed by atoms with E-state index in [4.69, 9.17) is 4.74 Å². The van der Waals surface area contributed by atoms with Crippen molar-refractivity contribution in [2.24, 2.45) is 0 Å². The molecule has 0 aliphatic rings. The summed E-state index contributed by atoms with van der Waals surface area (Å²) in [6.07, 6.45) is 1.65. The number of halogens is 2. The molecule has 1 aromatic heterocycles. The first-order valence-corrected chi connectivity index (χ1v) is 5.11. The van der Waals surface area contributed by atoms with Crippen molar-refractivity contribution in [2.45, 2.75) is 6.61 Å². The lowest BCUT2D eigenvalue weighted by atomic mass is 10.3. The molecule has 0 spiro atoms.